The lowest BCUT2D eigenvalue weighted by Gasteiger charge is -2.19. The van der Waals surface area contributed by atoms with Gasteiger partial charge in [0.2, 0.25) is 5.76 Å². The summed E-state index contributed by atoms with van der Waals surface area (Å²) in [5.74, 6) is -0.221. The molecule has 1 aromatic heterocycles. The molecule has 0 spiro atoms. The van der Waals surface area contributed by atoms with Gasteiger partial charge in [-0.15, -0.1) is 0 Å². The number of Topliss-reactive ketones (excluding diaryl/α,β-unsaturated/α-hetero) is 1. The van der Waals surface area contributed by atoms with Crippen molar-refractivity contribution in [2.75, 3.05) is 13.2 Å². The van der Waals surface area contributed by atoms with Crippen molar-refractivity contribution in [1.82, 2.24) is 5.32 Å². The monoisotopic (exact) mass is 407 g/mol. The Morgan fingerprint density at radius 1 is 1.10 bits per heavy atom. The lowest BCUT2D eigenvalue weighted by molar-refractivity contribution is -0.123. The van der Waals surface area contributed by atoms with Crippen molar-refractivity contribution in [2.45, 2.75) is 38.5 Å². The van der Waals surface area contributed by atoms with E-state index in [4.69, 9.17) is 13.9 Å². The molecule has 0 amide bonds. The summed E-state index contributed by atoms with van der Waals surface area (Å²) in [7, 11) is 0. The summed E-state index contributed by atoms with van der Waals surface area (Å²) in [5.41, 5.74) is 2.56. The highest BCUT2D eigenvalue weighted by Gasteiger charge is 2.33. The van der Waals surface area contributed by atoms with Gasteiger partial charge in [0.15, 0.2) is 5.78 Å². The minimum absolute atomic E-state index is 0.0963. The first-order chi connectivity index (χ1) is 14.6. The molecule has 30 heavy (non-hydrogen) atoms. The third kappa shape index (κ3) is 4.61. The van der Waals surface area contributed by atoms with Gasteiger partial charge >= 0.3 is 5.97 Å². The molecule has 0 unspecified atom stereocenters. The van der Waals surface area contributed by atoms with Gasteiger partial charge in [0, 0.05) is 11.8 Å². The molecule has 1 saturated heterocycles. The van der Waals surface area contributed by atoms with E-state index in [9.17, 15) is 9.59 Å². The van der Waals surface area contributed by atoms with Crippen LogP contribution in [0.5, 0.6) is 0 Å². The zero-order valence-corrected chi connectivity index (χ0v) is 16.9. The number of fused-ring (bicyclic) bond motifs is 1. The smallest absolute Gasteiger partial charge is 0.374 e. The van der Waals surface area contributed by atoms with Gasteiger partial charge in [0.1, 0.15) is 5.58 Å². The predicted molar refractivity (Wildman–Crippen MR) is 112 cm³/mol. The van der Waals surface area contributed by atoms with E-state index in [2.05, 4.69) is 5.32 Å². The highest BCUT2D eigenvalue weighted by molar-refractivity contribution is 5.93. The first-order valence-corrected chi connectivity index (χ1v) is 10.2. The van der Waals surface area contributed by atoms with Crippen LogP contribution in [-0.4, -0.2) is 37.0 Å². The Labute approximate surface area is 175 Å². The fourth-order valence-corrected chi connectivity index (χ4v) is 3.77. The van der Waals surface area contributed by atoms with Gasteiger partial charge in [0.05, 0.1) is 25.4 Å². The maximum absolute atomic E-state index is 12.9. The van der Waals surface area contributed by atoms with E-state index in [-0.39, 0.29) is 30.3 Å². The van der Waals surface area contributed by atoms with E-state index in [1.165, 1.54) is 0 Å². The quantitative estimate of drug-likeness (QED) is 0.574. The SMILES string of the molecule is CCOC(=O)c1cc2cc(CC(=O)[C@H]3NCC[C@H]3OCc3ccccc3)ccc2o1. The molecule has 2 heterocycles. The first-order valence-electron chi connectivity index (χ1n) is 10.2. The second-order valence-corrected chi connectivity index (χ2v) is 7.40. The van der Waals surface area contributed by atoms with Crippen LogP contribution < -0.4 is 5.32 Å². The van der Waals surface area contributed by atoms with E-state index in [1.54, 1.807) is 19.1 Å². The van der Waals surface area contributed by atoms with E-state index in [0.29, 0.717) is 18.6 Å². The standard InChI is InChI=1S/C24H25NO5/c1-2-28-24(27)22-14-18-12-17(8-9-20(18)30-22)13-19(26)23-21(10-11-25-23)29-15-16-6-4-3-5-7-16/h3-9,12,14,21,23,25H,2,10-11,13,15H2,1H3/t21-,23-/m1/s1. The van der Waals surface area contributed by atoms with Crippen molar-refractivity contribution < 1.29 is 23.5 Å². The van der Waals surface area contributed by atoms with Crippen molar-refractivity contribution in [2.24, 2.45) is 0 Å². The molecular formula is C24H25NO5. The number of nitrogens with one attached hydrogen (secondary N) is 1. The van der Waals surface area contributed by atoms with Crippen LogP contribution in [0.15, 0.2) is 59.0 Å². The normalized spacial score (nSPS) is 18.6. The maximum Gasteiger partial charge on any atom is 0.374 e. The van der Waals surface area contributed by atoms with E-state index in [0.717, 1.165) is 29.5 Å². The molecule has 0 saturated carbocycles. The topological polar surface area (TPSA) is 77.8 Å². The van der Waals surface area contributed by atoms with Crippen LogP contribution in [-0.2, 0) is 27.3 Å². The second-order valence-electron chi connectivity index (χ2n) is 7.40. The predicted octanol–water partition coefficient (Wildman–Crippen LogP) is 3.67. The Hall–Kier alpha value is -2.96. The molecule has 2 aromatic carbocycles. The second kappa shape index (κ2) is 9.24. The minimum Gasteiger partial charge on any atom is -0.460 e. The van der Waals surface area contributed by atoms with Crippen molar-refractivity contribution >= 4 is 22.7 Å². The lowest BCUT2D eigenvalue weighted by Crippen LogP contribution is -2.40. The van der Waals surface area contributed by atoms with Gasteiger partial charge in [-0.1, -0.05) is 36.4 Å². The summed E-state index contributed by atoms with van der Waals surface area (Å²) in [6.45, 7) is 3.30. The Kier molecular flexibility index (Phi) is 6.26. The zero-order valence-electron chi connectivity index (χ0n) is 16.9. The van der Waals surface area contributed by atoms with Crippen LogP contribution >= 0.6 is 0 Å². The Morgan fingerprint density at radius 3 is 2.73 bits per heavy atom. The van der Waals surface area contributed by atoms with Crippen LogP contribution in [0.4, 0.5) is 0 Å². The molecule has 6 nitrogen and oxygen atoms in total. The molecule has 1 fully saturated rings. The molecule has 2 atom stereocenters. The molecule has 0 bridgehead atoms. The summed E-state index contributed by atoms with van der Waals surface area (Å²) in [4.78, 5) is 24.8. The van der Waals surface area contributed by atoms with Crippen LogP contribution in [0.3, 0.4) is 0 Å². The van der Waals surface area contributed by atoms with Gasteiger partial charge in [-0.05, 0) is 49.2 Å². The number of esters is 1. The van der Waals surface area contributed by atoms with Crippen LogP contribution in [0, 0.1) is 0 Å². The maximum atomic E-state index is 12.9. The molecule has 1 N–H and O–H groups in total. The van der Waals surface area contributed by atoms with Crippen molar-refractivity contribution in [1.29, 1.82) is 0 Å². The summed E-state index contributed by atoms with van der Waals surface area (Å²) in [6.07, 6.45) is 0.969. The molecule has 0 aliphatic carbocycles. The molecule has 1 aliphatic heterocycles. The lowest BCUT2D eigenvalue weighted by atomic mass is 10.00. The zero-order chi connectivity index (χ0) is 20.9. The molecule has 156 valence electrons. The highest BCUT2D eigenvalue weighted by atomic mass is 16.5. The fourth-order valence-electron chi connectivity index (χ4n) is 3.77. The third-order valence-electron chi connectivity index (χ3n) is 5.25. The third-order valence-corrected chi connectivity index (χ3v) is 5.25. The molecule has 4 rings (SSSR count). The van der Waals surface area contributed by atoms with Crippen molar-refractivity contribution in [3.05, 3.63) is 71.5 Å². The number of hydrogen-bond donors (Lipinski definition) is 1. The molecule has 1 aliphatic rings. The number of furan rings is 1. The van der Waals surface area contributed by atoms with Crippen molar-refractivity contribution in [3.8, 4) is 0 Å². The number of ketones is 1. The number of ether oxygens (including phenoxy) is 2. The largest absolute Gasteiger partial charge is 0.460 e. The number of carbonyl (C=O) groups is 2. The number of hydrogen-bond acceptors (Lipinski definition) is 6. The molecule has 3 aromatic rings. The van der Waals surface area contributed by atoms with E-state index in [1.807, 2.05) is 42.5 Å². The van der Waals surface area contributed by atoms with E-state index < -0.39 is 5.97 Å². The van der Waals surface area contributed by atoms with Gasteiger partial charge in [0.25, 0.3) is 0 Å². The van der Waals surface area contributed by atoms with Crippen LogP contribution in [0.2, 0.25) is 0 Å². The molecule has 0 radical (unpaired) electrons. The van der Waals surface area contributed by atoms with Gasteiger partial charge in [-0.25, -0.2) is 4.79 Å². The summed E-state index contributed by atoms with van der Waals surface area (Å²) in [6, 6.07) is 16.8. The summed E-state index contributed by atoms with van der Waals surface area (Å²) in [5, 5.41) is 4.06. The first kappa shape index (κ1) is 20.3. The van der Waals surface area contributed by atoms with Crippen molar-refractivity contribution in [3.63, 3.8) is 0 Å². The average Bonchev–Trinajstić information content (AvgIpc) is 3.40. The Balaban J connectivity index is 1.40. The number of benzene rings is 2. The van der Waals surface area contributed by atoms with Crippen LogP contribution in [0.25, 0.3) is 11.0 Å². The average molecular weight is 407 g/mol. The molecule has 6 heteroatoms. The summed E-state index contributed by atoms with van der Waals surface area (Å²) < 4.78 is 16.6. The highest BCUT2D eigenvalue weighted by Crippen LogP contribution is 2.23. The minimum atomic E-state index is -0.486. The Morgan fingerprint density at radius 2 is 1.93 bits per heavy atom. The number of rotatable bonds is 8. The van der Waals surface area contributed by atoms with E-state index >= 15 is 0 Å². The Bertz CT molecular complexity index is 1030. The van der Waals surface area contributed by atoms with Crippen LogP contribution in [0.1, 0.15) is 35.0 Å². The molecular weight excluding hydrogens is 382 g/mol. The van der Waals surface area contributed by atoms with Gasteiger partial charge < -0.3 is 19.2 Å². The fraction of sp³-hybridized carbons (Fsp3) is 0.333. The van der Waals surface area contributed by atoms with Gasteiger partial charge in [-0.3, -0.25) is 4.79 Å². The number of carbonyl (C=O) groups excluding carboxylic acids is 2. The van der Waals surface area contributed by atoms with Gasteiger partial charge in [-0.2, -0.15) is 0 Å². The summed E-state index contributed by atoms with van der Waals surface area (Å²) >= 11 is 0.